The standard InChI is InChI=1S/C12H9F2N3O/c1-2-6-17-10(11(15)16-12(17)18)7-4-3-5-8(13)9(7)14/h1,3-5,10H,6H2,(H2,15,16,18). The lowest BCUT2D eigenvalue weighted by Gasteiger charge is -2.22. The molecule has 0 radical (unpaired) electrons. The number of benzene rings is 1. The summed E-state index contributed by atoms with van der Waals surface area (Å²) in [6.45, 7) is -0.0797. The van der Waals surface area contributed by atoms with E-state index in [4.69, 9.17) is 12.2 Å². The van der Waals surface area contributed by atoms with Crippen LogP contribution in [0.15, 0.2) is 23.2 Å². The van der Waals surface area contributed by atoms with Crippen LogP contribution in [0.2, 0.25) is 0 Å². The summed E-state index contributed by atoms with van der Waals surface area (Å²) in [6, 6.07) is 2.04. The normalized spacial score (nSPS) is 18.7. The molecule has 0 spiro atoms. The van der Waals surface area contributed by atoms with E-state index in [1.54, 1.807) is 0 Å². The third-order valence-corrected chi connectivity index (χ3v) is 2.60. The molecule has 0 aromatic heterocycles. The molecule has 1 aromatic rings. The Bertz CT molecular complexity index is 577. The highest BCUT2D eigenvalue weighted by molar-refractivity contribution is 6.03. The number of hydrogen-bond acceptors (Lipinski definition) is 2. The van der Waals surface area contributed by atoms with E-state index in [0.29, 0.717) is 0 Å². The molecular weight excluding hydrogens is 240 g/mol. The minimum Gasteiger partial charge on any atom is -0.385 e. The van der Waals surface area contributed by atoms with Crippen LogP contribution in [0.3, 0.4) is 0 Å². The molecule has 0 aliphatic carbocycles. The molecule has 0 bridgehead atoms. The van der Waals surface area contributed by atoms with E-state index >= 15 is 0 Å². The van der Waals surface area contributed by atoms with Crippen LogP contribution in [-0.4, -0.2) is 23.3 Å². The second kappa shape index (κ2) is 4.45. The van der Waals surface area contributed by atoms with Gasteiger partial charge in [-0.25, -0.2) is 13.6 Å². The maximum absolute atomic E-state index is 13.7. The van der Waals surface area contributed by atoms with Gasteiger partial charge < -0.3 is 5.73 Å². The van der Waals surface area contributed by atoms with Gasteiger partial charge in [-0.05, 0) is 6.07 Å². The van der Waals surface area contributed by atoms with Gasteiger partial charge in [-0.1, -0.05) is 18.1 Å². The maximum Gasteiger partial charge on any atom is 0.346 e. The molecule has 1 aliphatic rings. The van der Waals surface area contributed by atoms with Gasteiger partial charge in [-0.15, -0.1) is 6.42 Å². The molecule has 18 heavy (non-hydrogen) atoms. The maximum atomic E-state index is 13.7. The average Bonchev–Trinajstić information content (AvgIpc) is 2.59. The van der Waals surface area contributed by atoms with Crippen LogP contribution in [0, 0.1) is 24.0 Å². The molecule has 4 nitrogen and oxygen atoms in total. The molecule has 6 heteroatoms. The van der Waals surface area contributed by atoms with E-state index in [9.17, 15) is 13.6 Å². The number of aliphatic imine (C=N–C) groups is 1. The summed E-state index contributed by atoms with van der Waals surface area (Å²) in [5.41, 5.74) is 5.51. The lowest BCUT2D eigenvalue weighted by atomic mass is 10.0. The molecule has 92 valence electrons. The highest BCUT2D eigenvalue weighted by Crippen LogP contribution is 2.29. The van der Waals surface area contributed by atoms with Gasteiger partial charge in [0.15, 0.2) is 11.6 Å². The molecule has 0 fully saturated rings. The van der Waals surface area contributed by atoms with Crippen LogP contribution in [0.25, 0.3) is 0 Å². The Morgan fingerprint density at radius 3 is 2.89 bits per heavy atom. The smallest absolute Gasteiger partial charge is 0.346 e. The van der Waals surface area contributed by atoms with E-state index in [0.717, 1.165) is 11.0 Å². The van der Waals surface area contributed by atoms with Crippen molar-refractivity contribution in [3.8, 4) is 12.3 Å². The van der Waals surface area contributed by atoms with Gasteiger partial charge in [-0.2, -0.15) is 4.99 Å². The minimum atomic E-state index is -1.06. The number of nitrogens with two attached hydrogens (primary N) is 1. The number of carbonyl (C=O) groups is 1. The Hall–Kier alpha value is -2.42. The van der Waals surface area contributed by atoms with Crippen molar-refractivity contribution in [3.63, 3.8) is 0 Å². The van der Waals surface area contributed by atoms with Gasteiger partial charge in [0.2, 0.25) is 0 Å². The summed E-state index contributed by atoms with van der Waals surface area (Å²) in [5, 5.41) is 0. The first-order valence-electron chi connectivity index (χ1n) is 5.08. The number of amidine groups is 1. The summed E-state index contributed by atoms with van der Waals surface area (Å²) < 4.78 is 26.9. The van der Waals surface area contributed by atoms with Gasteiger partial charge in [0.05, 0.1) is 6.54 Å². The predicted molar refractivity (Wildman–Crippen MR) is 61.7 cm³/mol. The summed E-state index contributed by atoms with van der Waals surface area (Å²) in [4.78, 5) is 16.1. The van der Waals surface area contributed by atoms with Crippen LogP contribution < -0.4 is 5.73 Å². The molecule has 1 unspecified atom stereocenters. The SMILES string of the molecule is C#CCN1C(=O)N=C(N)C1c1cccc(F)c1F. The van der Waals surface area contributed by atoms with Crippen molar-refractivity contribution >= 4 is 11.9 Å². The van der Waals surface area contributed by atoms with Crippen molar-refractivity contribution in [1.82, 2.24) is 4.90 Å². The largest absolute Gasteiger partial charge is 0.385 e. The molecule has 1 aromatic carbocycles. The summed E-state index contributed by atoms with van der Waals surface area (Å²) >= 11 is 0. The second-order valence-electron chi connectivity index (χ2n) is 3.70. The Labute approximate surface area is 102 Å². The molecular formula is C12H9F2N3O. The topological polar surface area (TPSA) is 58.7 Å². The first-order chi connectivity index (χ1) is 8.56. The quantitative estimate of drug-likeness (QED) is 0.806. The van der Waals surface area contributed by atoms with Crippen molar-refractivity contribution in [1.29, 1.82) is 0 Å². The summed E-state index contributed by atoms with van der Waals surface area (Å²) in [5.74, 6) is 0.0854. The fraction of sp³-hybridized carbons (Fsp3) is 0.167. The number of carbonyl (C=O) groups excluding carboxylic acids is 1. The average molecular weight is 249 g/mol. The Kier molecular flexibility index (Phi) is 2.98. The molecule has 2 N–H and O–H groups in total. The zero-order valence-electron chi connectivity index (χ0n) is 9.23. The lowest BCUT2D eigenvalue weighted by Crippen LogP contribution is -2.34. The highest BCUT2D eigenvalue weighted by Gasteiger charge is 2.36. The van der Waals surface area contributed by atoms with E-state index in [1.165, 1.54) is 12.1 Å². The number of nitrogens with zero attached hydrogens (tertiary/aromatic N) is 2. The fourth-order valence-corrected chi connectivity index (χ4v) is 1.82. The van der Waals surface area contributed by atoms with Gasteiger partial charge in [-0.3, -0.25) is 4.90 Å². The van der Waals surface area contributed by atoms with Crippen molar-refractivity contribution in [2.45, 2.75) is 6.04 Å². The third-order valence-electron chi connectivity index (χ3n) is 2.60. The molecule has 0 saturated heterocycles. The fourth-order valence-electron chi connectivity index (χ4n) is 1.82. The van der Waals surface area contributed by atoms with Crippen molar-refractivity contribution in [2.24, 2.45) is 10.7 Å². The predicted octanol–water partition coefficient (Wildman–Crippen LogP) is 1.43. The van der Waals surface area contributed by atoms with Crippen LogP contribution in [0.4, 0.5) is 13.6 Å². The number of urea groups is 1. The summed E-state index contributed by atoms with van der Waals surface area (Å²) in [7, 11) is 0. The minimum absolute atomic E-state index is 0.0580. The molecule has 2 rings (SSSR count). The van der Waals surface area contributed by atoms with Crippen LogP contribution in [-0.2, 0) is 0 Å². The lowest BCUT2D eigenvalue weighted by molar-refractivity contribution is 0.213. The number of amides is 2. The van der Waals surface area contributed by atoms with E-state index in [1.807, 2.05) is 0 Å². The second-order valence-corrected chi connectivity index (χ2v) is 3.70. The zero-order valence-corrected chi connectivity index (χ0v) is 9.23. The first kappa shape index (κ1) is 12.0. The zero-order chi connectivity index (χ0) is 13.3. The van der Waals surface area contributed by atoms with Gasteiger partial charge in [0, 0.05) is 5.56 Å². The highest BCUT2D eigenvalue weighted by atomic mass is 19.2. The molecule has 1 aliphatic heterocycles. The van der Waals surface area contributed by atoms with Gasteiger partial charge >= 0.3 is 6.03 Å². The van der Waals surface area contributed by atoms with Crippen molar-refractivity contribution in [2.75, 3.05) is 6.54 Å². The molecule has 2 amide bonds. The van der Waals surface area contributed by atoms with Crippen molar-refractivity contribution < 1.29 is 13.6 Å². The Balaban J connectivity index is 2.48. The number of terminal acetylenes is 1. The Morgan fingerprint density at radius 2 is 2.22 bits per heavy atom. The van der Waals surface area contributed by atoms with Crippen LogP contribution in [0.5, 0.6) is 0 Å². The van der Waals surface area contributed by atoms with Crippen LogP contribution in [0.1, 0.15) is 11.6 Å². The number of hydrogen-bond donors (Lipinski definition) is 1. The number of rotatable bonds is 2. The van der Waals surface area contributed by atoms with E-state index in [2.05, 4.69) is 10.9 Å². The Morgan fingerprint density at radius 1 is 1.50 bits per heavy atom. The summed E-state index contributed by atoms with van der Waals surface area (Å²) in [6.07, 6.45) is 5.12. The van der Waals surface area contributed by atoms with Gasteiger partial charge in [0.1, 0.15) is 11.9 Å². The monoisotopic (exact) mass is 249 g/mol. The third kappa shape index (κ3) is 1.80. The van der Waals surface area contributed by atoms with Gasteiger partial charge in [0.25, 0.3) is 0 Å². The number of halogens is 2. The molecule has 0 saturated carbocycles. The van der Waals surface area contributed by atoms with Crippen LogP contribution >= 0.6 is 0 Å². The molecule has 1 heterocycles. The van der Waals surface area contributed by atoms with E-state index in [-0.39, 0.29) is 17.9 Å². The molecule has 1 atom stereocenters. The van der Waals surface area contributed by atoms with E-state index < -0.39 is 23.7 Å². The first-order valence-corrected chi connectivity index (χ1v) is 5.08. The van der Waals surface area contributed by atoms with Crippen molar-refractivity contribution in [3.05, 3.63) is 35.4 Å².